The first kappa shape index (κ1) is 29.7. The number of carbonyl (C=O) groups excluding carboxylic acids is 2. The van der Waals surface area contributed by atoms with Gasteiger partial charge in [-0.2, -0.15) is 0 Å². The largest absolute Gasteiger partial charge is 0.353 e. The Balaban J connectivity index is 1.18. The summed E-state index contributed by atoms with van der Waals surface area (Å²) in [5, 5.41) is 7.24. The van der Waals surface area contributed by atoms with Crippen LogP contribution in [0.3, 0.4) is 0 Å². The zero-order valence-corrected chi connectivity index (χ0v) is 27.2. The SMILES string of the molecule is O=C(NCC1(c2cnc[nH]2)CC1)[C@H]1CN(C2c3ccc(Cl)cc3CCc3cc(Br)cnc32)CCN1C(=O)NC1CCCCC1. The fourth-order valence-electron chi connectivity index (χ4n) is 7.40. The number of imidazole rings is 1. The van der Waals surface area contributed by atoms with Crippen LogP contribution in [0.1, 0.15) is 79.1 Å². The summed E-state index contributed by atoms with van der Waals surface area (Å²) in [4.78, 5) is 44.3. The molecule has 2 aromatic heterocycles. The maximum absolute atomic E-state index is 14.1. The molecule has 3 aliphatic carbocycles. The van der Waals surface area contributed by atoms with Gasteiger partial charge in [0.25, 0.3) is 0 Å². The van der Waals surface area contributed by atoms with Crippen LogP contribution in [-0.4, -0.2) is 75.0 Å². The van der Waals surface area contributed by atoms with Crippen molar-refractivity contribution in [3.8, 4) is 0 Å². The number of halogens is 2. The Morgan fingerprint density at radius 2 is 1.89 bits per heavy atom. The average Bonchev–Trinajstić information content (AvgIpc) is 3.66. The quantitative estimate of drug-likeness (QED) is 0.329. The second kappa shape index (κ2) is 12.4. The third kappa shape index (κ3) is 6.00. The van der Waals surface area contributed by atoms with Gasteiger partial charge < -0.3 is 20.5 Å². The standard InChI is InChI=1S/C33H39BrClN7O2/c34-23-14-22-7-6-21-15-24(35)8-9-26(21)30(29(22)37-16-23)41-12-13-42(32(44)40-25-4-2-1-3-5-25)27(18-41)31(43)38-19-33(10-11-33)28-17-36-20-39-28/h8-9,14-17,20,25,27,30H,1-7,10-13,18-19H2,(H,36,39)(H,38,43)(H,40,44)/t27-,30?/m1/s1. The molecule has 0 spiro atoms. The highest BCUT2D eigenvalue weighted by molar-refractivity contribution is 9.10. The molecule has 1 saturated heterocycles. The molecule has 9 nitrogen and oxygen atoms in total. The van der Waals surface area contributed by atoms with Crippen LogP contribution in [0.5, 0.6) is 0 Å². The van der Waals surface area contributed by atoms with Crippen molar-refractivity contribution >= 4 is 39.5 Å². The van der Waals surface area contributed by atoms with Gasteiger partial charge in [-0.25, -0.2) is 9.78 Å². The minimum atomic E-state index is -0.636. The van der Waals surface area contributed by atoms with E-state index in [0.717, 1.165) is 72.2 Å². The molecule has 1 aromatic carbocycles. The topological polar surface area (TPSA) is 106 Å². The summed E-state index contributed by atoms with van der Waals surface area (Å²) in [5.74, 6) is -0.117. The second-order valence-electron chi connectivity index (χ2n) is 12.9. The summed E-state index contributed by atoms with van der Waals surface area (Å²) in [6.07, 6.45) is 14.6. The van der Waals surface area contributed by atoms with E-state index < -0.39 is 6.04 Å². The van der Waals surface area contributed by atoms with Gasteiger partial charge in [-0.3, -0.25) is 14.7 Å². The number of hydrogen-bond donors (Lipinski definition) is 3. The summed E-state index contributed by atoms with van der Waals surface area (Å²) < 4.78 is 0.951. The molecule has 3 amide bonds. The first-order valence-corrected chi connectivity index (χ1v) is 17.1. The molecule has 7 rings (SSSR count). The Bertz CT molecular complexity index is 1470. The first-order chi connectivity index (χ1) is 21.4. The predicted molar refractivity (Wildman–Crippen MR) is 173 cm³/mol. The highest BCUT2D eigenvalue weighted by atomic mass is 79.9. The van der Waals surface area contributed by atoms with E-state index in [-0.39, 0.29) is 29.4 Å². The van der Waals surface area contributed by atoms with E-state index in [0.29, 0.717) is 26.2 Å². The van der Waals surface area contributed by atoms with Gasteiger partial charge in [0.05, 0.1) is 18.1 Å². The number of pyridine rings is 1. The van der Waals surface area contributed by atoms with Gasteiger partial charge in [0.1, 0.15) is 6.04 Å². The number of piperazine rings is 1. The summed E-state index contributed by atoms with van der Waals surface area (Å²) in [5.41, 5.74) is 5.50. The van der Waals surface area contributed by atoms with Crippen molar-refractivity contribution in [2.75, 3.05) is 26.2 Å². The number of amides is 3. The number of benzene rings is 1. The Morgan fingerprint density at radius 3 is 2.66 bits per heavy atom. The van der Waals surface area contributed by atoms with Gasteiger partial charge >= 0.3 is 6.03 Å². The highest BCUT2D eigenvalue weighted by Crippen LogP contribution is 2.46. The van der Waals surface area contributed by atoms with Crippen LogP contribution in [0.4, 0.5) is 4.79 Å². The Labute approximate surface area is 271 Å². The molecule has 4 aliphatic rings. The smallest absolute Gasteiger partial charge is 0.318 e. The third-order valence-corrected chi connectivity index (χ3v) is 10.8. The molecule has 3 heterocycles. The van der Waals surface area contributed by atoms with E-state index in [1.165, 1.54) is 23.1 Å². The van der Waals surface area contributed by atoms with Crippen molar-refractivity contribution in [2.45, 2.75) is 81.3 Å². The number of aryl methyl sites for hydroxylation is 2. The molecule has 11 heteroatoms. The minimum absolute atomic E-state index is 0.106. The van der Waals surface area contributed by atoms with Gasteiger partial charge in [0, 0.05) is 65.2 Å². The van der Waals surface area contributed by atoms with Crippen LogP contribution in [0.15, 0.2) is 47.5 Å². The number of fused-ring (bicyclic) bond motifs is 2. The molecule has 1 unspecified atom stereocenters. The zero-order chi connectivity index (χ0) is 30.3. The Morgan fingerprint density at radius 1 is 1.07 bits per heavy atom. The fourth-order valence-corrected chi connectivity index (χ4v) is 7.98. The summed E-state index contributed by atoms with van der Waals surface area (Å²) in [7, 11) is 0. The van der Waals surface area contributed by atoms with Gasteiger partial charge in [0.15, 0.2) is 0 Å². The lowest BCUT2D eigenvalue weighted by atomic mass is 9.94. The number of H-pyrrole nitrogens is 1. The Hall–Kier alpha value is -2.95. The fraction of sp³-hybridized carbons (Fsp3) is 0.515. The molecule has 3 aromatic rings. The molecule has 2 atom stereocenters. The van der Waals surface area contributed by atoms with Crippen LogP contribution < -0.4 is 10.6 Å². The predicted octanol–water partition coefficient (Wildman–Crippen LogP) is 5.29. The van der Waals surface area contributed by atoms with Crippen LogP contribution >= 0.6 is 27.5 Å². The van der Waals surface area contributed by atoms with Crippen molar-refractivity contribution in [3.05, 3.63) is 80.6 Å². The van der Waals surface area contributed by atoms with E-state index in [1.807, 2.05) is 18.5 Å². The third-order valence-electron chi connectivity index (χ3n) is 10.1. The highest BCUT2D eigenvalue weighted by Gasteiger charge is 2.47. The summed E-state index contributed by atoms with van der Waals surface area (Å²) in [6, 6.07) is 7.52. The van der Waals surface area contributed by atoms with E-state index in [1.54, 1.807) is 11.2 Å². The lowest BCUT2D eigenvalue weighted by Gasteiger charge is -2.44. The van der Waals surface area contributed by atoms with E-state index >= 15 is 0 Å². The monoisotopic (exact) mass is 679 g/mol. The molecule has 0 bridgehead atoms. The molecule has 0 radical (unpaired) electrons. The van der Waals surface area contributed by atoms with E-state index in [4.69, 9.17) is 16.6 Å². The lowest BCUT2D eigenvalue weighted by molar-refractivity contribution is -0.128. The normalized spacial score (nSPS) is 23.3. The van der Waals surface area contributed by atoms with Crippen LogP contribution in [0, 0.1) is 0 Å². The number of rotatable bonds is 6. The van der Waals surface area contributed by atoms with Gasteiger partial charge in [0.2, 0.25) is 5.91 Å². The van der Waals surface area contributed by atoms with Crippen molar-refractivity contribution in [3.63, 3.8) is 0 Å². The van der Waals surface area contributed by atoms with Crippen molar-refractivity contribution in [2.24, 2.45) is 0 Å². The van der Waals surface area contributed by atoms with Gasteiger partial charge in [-0.05, 0) is 89.3 Å². The number of aromatic amines is 1. The molecule has 3 fully saturated rings. The summed E-state index contributed by atoms with van der Waals surface area (Å²) in [6.45, 7) is 2.01. The van der Waals surface area contributed by atoms with Crippen molar-refractivity contribution in [1.29, 1.82) is 0 Å². The number of nitrogens with zero attached hydrogens (tertiary/aromatic N) is 4. The number of carbonyl (C=O) groups is 2. The molecular weight excluding hydrogens is 642 g/mol. The van der Waals surface area contributed by atoms with Gasteiger partial charge in [-0.1, -0.05) is 36.9 Å². The first-order valence-electron chi connectivity index (χ1n) is 15.9. The van der Waals surface area contributed by atoms with Crippen LogP contribution in [0.25, 0.3) is 0 Å². The van der Waals surface area contributed by atoms with Crippen molar-refractivity contribution < 1.29 is 9.59 Å². The van der Waals surface area contributed by atoms with Gasteiger partial charge in [-0.15, -0.1) is 0 Å². The Kier molecular flexibility index (Phi) is 8.41. The molecular formula is C33H39BrClN7O2. The van der Waals surface area contributed by atoms with Crippen molar-refractivity contribution in [1.82, 2.24) is 35.4 Å². The van der Waals surface area contributed by atoms with Crippen LogP contribution in [0.2, 0.25) is 5.02 Å². The second-order valence-corrected chi connectivity index (χ2v) is 14.2. The molecule has 1 aliphatic heterocycles. The summed E-state index contributed by atoms with van der Waals surface area (Å²) >= 11 is 10.1. The zero-order valence-electron chi connectivity index (χ0n) is 24.8. The number of nitrogens with one attached hydrogen (secondary N) is 3. The molecule has 44 heavy (non-hydrogen) atoms. The maximum Gasteiger partial charge on any atom is 0.318 e. The minimum Gasteiger partial charge on any atom is -0.353 e. The lowest BCUT2D eigenvalue weighted by Crippen LogP contribution is -2.63. The van der Waals surface area contributed by atoms with E-state index in [9.17, 15) is 9.59 Å². The maximum atomic E-state index is 14.1. The molecule has 3 N–H and O–H groups in total. The number of urea groups is 1. The van der Waals surface area contributed by atoms with Crippen LogP contribution in [-0.2, 0) is 23.1 Å². The number of aromatic nitrogens is 3. The van der Waals surface area contributed by atoms with E-state index in [2.05, 4.69) is 59.6 Å². The average molecular weight is 681 g/mol. The molecule has 2 saturated carbocycles. The number of hydrogen-bond acceptors (Lipinski definition) is 5. The molecule has 232 valence electrons.